The van der Waals surface area contributed by atoms with Gasteiger partial charge in [0, 0.05) is 4.88 Å². The van der Waals surface area contributed by atoms with Gasteiger partial charge in [0.15, 0.2) is 0 Å². The summed E-state index contributed by atoms with van der Waals surface area (Å²) in [5.74, 6) is -0.253. The zero-order chi connectivity index (χ0) is 19.2. The Bertz CT molecular complexity index is 1000. The highest BCUT2D eigenvalue weighted by Gasteiger charge is 2.35. The number of aromatic nitrogens is 2. The summed E-state index contributed by atoms with van der Waals surface area (Å²) in [5, 5.41) is 17.4. The van der Waals surface area contributed by atoms with E-state index < -0.39 is 6.10 Å². The van der Waals surface area contributed by atoms with Crippen LogP contribution in [0.4, 0.5) is 4.39 Å². The average molecular weight is 383 g/mol. The first kappa shape index (κ1) is 18.1. The summed E-state index contributed by atoms with van der Waals surface area (Å²) >= 11 is 1.62. The molecule has 2 heterocycles. The molecule has 140 valence electrons. The van der Waals surface area contributed by atoms with Crippen molar-refractivity contribution in [3.8, 4) is 5.69 Å². The van der Waals surface area contributed by atoms with Gasteiger partial charge in [-0.2, -0.15) is 5.10 Å². The molecule has 0 radical (unpaired) electrons. The smallest absolute Gasteiger partial charge is 0.123 e. The van der Waals surface area contributed by atoms with E-state index in [1.54, 1.807) is 23.5 Å². The van der Waals surface area contributed by atoms with Gasteiger partial charge in [-0.3, -0.25) is 0 Å². The summed E-state index contributed by atoms with van der Waals surface area (Å²) < 4.78 is 15.1. The van der Waals surface area contributed by atoms with Crippen molar-refractivity contribution >= 4 is 17.4 Å². The fraction of sp³-hybridized carbons (Fsp3) is 0.318. The van der Waals surface area contributed by atoms with E-state index in [9.17, 15) is 9.50 Å². The molecule has 1 aromatic carbocycles. The zero-order valence-corrected chi connectivity index (χ0v) is 16.6. The first-order chi connectivity index (χ1) is 12.9. The first-order valence-electron chi connectivity index (χ1n) is 9.11. The summed E-state index contributed by atoms with van der Waals surface area (Å²) in [6.45, 7) is 6.38. The van der Waals surface area contributed by atoms with E-state index in [-0.39, 0.29) is 11.2 Å². The minimum atomic E-state index is -0.466. The second kappa shape index (κ2) is 6.73. The van der Waals surface area contributed by atoms with Gasteiger partial charge in [-0.05, 0) is 85.0 Å². The summed E-state index contributed by atoms with van der Waals surface area (Å²) in [4.78, 5) is 1.05. The number of nitrogens with zero attached hydrogens (tertiary/aromatic N) is 2. The van der Waals surface area contributed by atoms with E-state index in [4.69, 9.17) is 0 Å². The van der Waals surface area contributed by atoms with Gasteiger partial charge in [-0.15, -0.1) is 11.3 Å². The van der Waals surface area contributed by atoms with Gasteiger partial charge >= 0.3 is 0 Å². The molecule has 0 fully saturated rings. The van der Waals surface area contributed by atoms with E-state index in [2.05, 4.69) is 31.1 Å². The number of hydrogen-bond acceptors (Lipinski definition) is 3. The van der Waals surface area contributed by atoms with Crippen molar-refractivity contribution in [3.63, 3.8) is 0 Å². The summed E-state index contributed by atoms with van der Waals surface area (Å²) in [5.41, 5.74) is 5.30. The normalized spacial score (nSPS) is 20.3. The predicted octanol–water partition coefficient (Wildman–Crippen LogP) is 5.47. The summed E-state index contributed by atoms with van der Waals surface area (Å²) in [6, 6.07) is 8.44. The lowest BCUT2D eigenvalue weighted by Gasteiger charge is -2.35. The van der Waals surface area contributed by atoms with Crippen molar-refractivity contribution in [3.05, 3.63) is 75.0 Å². The Hall–Kier alpha value is -2.24. The van der Waals surface area contributed by atoms with Crippen molar-refractivity contribution < 1.29 is 9.50 Å². The van der Waals surface area contributed by atoms with E-state index >= 15 is 0 Å². The largest absolute Gasteiger partial charge is 0.388 e. The van der Waals surface area contributed by atoms with E-state index in [0.717, 1.165) is 33.8 Å². The minimum absolute atomic E-state index is 0.125. The number of halogens is 1. The molecular weight excluding hydrogens is 359 g/mol. The molecule has 3 nitrogen and oxygen atoms in total. The number of allylic oxidation sites excluding steroid dienone is 1. The SMILES string of the molecule is CC1=Cc2c(cnn2-c2ccc(F)cc2)C[C@]1(C)CC(O)c1sccc1C. The molecule has 1 unspecified atom stereocenters. The van der Waals surface area contributed by atoms with E-state index in [0.29, 0.717) is 6.42 Å². The Morgan fingerprint density at radius 3 is 2.67 bits per heavy atom. The van der Waals surface area contributed by atoms with E-state index in [1.807, 2.05) is 23.2 Å². The van der Waals surface area contributed by atoms with Gasteiger partial charge in [0.1, 0.15) is 5.82 Å². The topological polar surface area (TPSA) is 38.0 Å². The van der Waals surface area contributed by atoms with Crippen LogP contribution >= 0.6 is 11.3 Å². The lowest BCUT2D eigenvalue weighted by atomic mass is 9.70. The number of thiophene rings is 1. The highest BCUT2D eigenvalue weighted by Crippen LogP contribution is 2.45. The number of fused-ring (bicyclic) bond motifs is 1. The fourth-order valence-corrected chi connectivity index (χ4v) is 4.80. The Morgan fingerprint density at radius 2 is 2.00 bits per heavy atom. The Kier molecular flexibility index (Phi) is 4.52. The lowest BCUT2D eigenvalue weighted by molar-refractivity contribution is 0.123. The molecule has 0 spiro atoms. The molecule has 3 aromatic rings. The second-order valence-corrected chi connectivity index (χ2v) is 8.64. The number of benzene rings is 1. The Labute approximate surface area is 162 Å². The van der Waals surface area contributed by atoms with Crippen LogP contribution in [0.1, 0.15) is 48.1 Å². The average Bonchev–Trinajstić information content (AvgIpc) is 3.22. The Balaban J connectivity index is 1.64. The first-order valence-corrected chi connectivity index (χ1v) is 9.99. The van der Waals surface area contributed by atoms with Gasteiger partial charge in [0.05, 0.1) is 23.7 Å². The Morgan fingerprint density at radius 1 is 1.26 bits per heavy atom. The molecule has 0 bridgehead atoms. The van der Waals surface area contributed by atoms with Gasteiger partial charge in [-0.25, -0.2) is 9.07 Å². The summed E-state index contributed by atoms with van der Waals surface area (Å²) in [6.07, 6.45) is 5.09. The van der Waals surface area contributed by atoms with Crippen molar-refractivity contribution in [2.24, 2.45) is 5.41 Å². The maximum atomic E-state index is 13.2. The van der Waals surface area contributed by atoms with Crippen LogP contribution in [-0.4, -0.2) is 14.9 Å². The summed E-state index contributed by atoms with van der Waals surface area (Å²) in [7, 11) is 0. The maximum absolute atomic E-state index is 13.2. The van der Waals surface area contributed by atoms with Crippen molar-refractivity contribution in [2.75, 3.05) is 0 Å². The van der Waals surface area contributed by atoms with Gasteiger partial charge in [0.2, 0.25) is 0 Å². The van der Waals surface area contributed by atoms with Crippen LogP contribution in [0, 0.1) is 18.2 Å². The van der Waals surface area contributed by atoms with Gasteiger partial charge in [-0.1, -0.05) is 12.5 Å². The second-order valence-electron chi connectivity index (χ2n) is 7.70. The standard InChI is InChI=1S/C22H23FN2OS/c1-14-8-9-27-21(14)20(26)12-22(3)11-16-13-24-25(19(16)10-15(22)2)18-6-4-17(23)5-7-18/h4-10,13,20,26H,11-12H2,1-3H3/t20?,22-/m1/s1. The van der Waals surface area contributed by atoms with Crippen molar-refractivity contribution in [2.45, 2.75) is 39.7 Å². The number of hydrogen-bond donors (Lipinski definition) is 1. The fourth-order valence-electron chi connectivity index (χ4n) is 3.89. The molecule has 2 aromatic heterocycles. The van der Waals surface area contributed by atoms with Crippen LogP contribution in [0.2, 0.25) is 0 Å². The molecule has 1 N–H and O–H groups in total. The van der Waals surface area contributed by atoms with Crippen LogP contribution in [0.15, 0.2) is 47.5 Å². The maximum Gasteiger partial charge on any atom is 0.123 e. The zero-order valence-electron chi connectivity index (χ0n) is 15.7. The molecule has 27 heavy (non-hydrogen) atoms. The molecule has 0 aliphatic heterocycles. The van der Waals surface area contributed by atoms with Crippen LogP contribution < -0.4 is 0 Å². The molecule has 0 amide bonds. The highest BCUT2D eigenvalue weighted by atomic mass is 32.1. The highest BCUT2D eigenvalue weighted by molar-refractivity contribution is 7.10. The van der Waals surface area contributed by atoms with Crippen LogP contribution in [0.5, 0.6) is 0 Å². The molecule has 1 aliphatic carbocycles. The lowest BCUT2D eigenvalue weighted by Crippen LogP contribution is -2.27. The molecule has 0 saturated heterocycles. The number of aliphatic hydroxyl groups excluding tert-OH is 1. The molecule has 5 heteroatoms. The van der Waals surface area contributed by atoms with Crippen LogP contribution in [0.3, 0.4) is 0 Å². The molecule has 0 saturated carbocycles. The van der Waals surface area contributed by atoms with Crippen molar-refractivity contribution in [1.29, 1.82) is 0 Å². The number of aliphatic hydroxyl groups is 1. The third-order valence-electron chi connectivity index (χ3n) is 5.69. The molecule has 4 rings (SSSR count). The number of aryl methyl sites for hydroxylation is 1. The minimum Gasteiger partial charge on any atom is -0.388 e. The van der Waals surface area contributed by atoms with Crippen molar-refractivity contribution in [1.82, 2.24) is 9.78 Å². The van der Waals surface area contributed by atoms with Gasteiger partial charge in [0.25, 0.3) is 0 Å². The number of rotatable bonds is 4. The van der Waals surface area contributed by atoms with Crippen LogP contribution in [0.25, 0.3) is 11.8 Å². The van der Waals surface area contributed by atoms with E-state index in [1.165, 1.54) is 17.7 Å². The monoisotopic (exact) mass is 382 g/mol. The molecular formula is C22H23FN2OS. The van der Waals surface area contributed by atoms with Gasteiger partial charge < -0.3 is 5.11 Å². The third kappa shape index (κ3) is 3.26. The molecule has 1 aliphatic rings. The van der Waals surface area contributed by atoms with Crippen LogP contribution in [-0.2, 0) is 6.42 Å². The predicted molar refractivity (Wildman–Crippen MR) is 108 cm³/mol. The quantitative estimate of drug-likeness (QED) is 0.650. The third-order valence-corrected chi connectivity index (χ3v) is 6.81. The molecule has 2 atom stereocenters.